The highest BCUT2D eigenvalue weighted by Crippen LogP contribution is 2.34. The number of pyridine rings is 1. The van der Waals surface area contributed by atoms with Crippen LogP contribution >= 0.6 is 0 Å². The lowest BCUT2D eigenvalue weighted by Gasteiger charge is -2.34. The first-order valence-electron chi connectivity index (χ1n) is 7.05. The van der Waals surface area contributed by atoms with Crippen molar-refractivity contribution in [2.75, 3.05) is 18.6 Å². The number of hydrogen-bond donors (Lipinski definition) is 1. The number of halogens is 1. The summed E-state index contributed by atoms with van der Waals surface area (Å²) in [7, 11) is 1.80. The van der Waals surface area contributed by atoms with Gasteiger partial charge in [-0.3, -0.25) is 4.79 Å². The molecule has 0 amide bonds. The topological polar surface area (TPSA) is 71.8 Å². The number of carboxylic acids is 1. The molecule has 1 aliphatic rings. The summed E-state index contributed by atoms with van der Waals surface area (Å²) >= 11 is 0. The number of benzene rings is 1. The van der Waals surface area contributed by atoms with Crippen LogP contribution in [0.15, 0.2) is 35.1 Å². The molecule has 120 valence electrons. The van der Waals surface area contributed by atoms with Gasteiger partial charge in [-0.1, -0.05) is 0 Å². The van der Waals surface area contributed by atoms with E-state index in [4.69, 9.17) is 4.74 Å². The standard InChI is InChI=1S/C16H15FN2O4/c1-9-8-23-15-13(18(9)2)7-12(16(21)22)14(20)19(15)11-5-3-10(17)4-6-11/h3-7,9H,8H2,1-2H3,(H,21,22). The summed E-state index contributed by atoms with van der Waals surface area (Å²) in [6.07, 6.45) is 0. The van der Waals surface area contributed by atoms with E-state index >= 15 is 0 Å². The predicted octanol–water partition coefficient (Wildman–Crippen LogP) is 1.89. The molecule has 23 heavy (non-hydrogen) atoms. The summed E-state index contributed by atoms with van der Waals surface area (Å²) in [6, 6.07) is 6.57. The minimum Gasteiger partial charge on any atom is -0.477 e. The van der Waals surface area contributed by atoms with Gasteiger partial charge in [0.2, 0.25) is 5.88 Å². The Hall–Kier alpha value is -2.83. The number of aromatic nitrogens is 1. The zero-order valence-electron chi connectivity index (χ0n) is 12.6. The van der Waals surface area contributed by atoms with Gasteiger partial charge in [0.1, 0.15) is 18.0 Å². The second kappa shape index (κ2) is 5.42. The molecule has 7 heteroatoms. The van der Waals surface area contributed by atoms with Gasteiger partial charge in [0, 0.05) is 7.05 Å². The van der Waals surface area contributed by atoms with Crippen molar-refractivity contribution in [3.8, 4) is 11.6 Å². The van der Waals surface area contributed by atoms with Crippen molar-refractivity contribution >= 4 is 11.7 Å². The first kappa shape index (κ1) is 15.1. The molecule has 3 rings (SSSR count). The van der Waals surface area contributed by atoms with Gasteiger partial charge < -0.3 is 14.7 Å². The number of nitrogens with zero attached hydrogens (tertiary/aromatic N) is 2. The number of anilines is 1. The smallest absolute Gasteiger partial charge is 0.341 e. The zero-order chi connectivity index (χ0) is 16.7. The highest BCUT2D eigenvalue weighted by Gasteiger charge is 2.28. The monoisotopic (exact) mass is 318 g/mol. The molecule has 1 aromatic carbocycles. The van der Waals surface area contributed by atoms with Crippen LogP contribution in [0, 0.1) is 5.82 Å². The Kier molecular flexibility index (Phi) is 3.55. The van der Waals surface area contributed by atoms with Gasteiger partial charge in [-0.15, -0.1) is 0 Å². The van der Waals surface area contributed by atoms with E-state index in [1.165, 1.54) is 34.9 Å². The van der Waals surface area contributed by atoms with Gasteiger partial charge in [-0.05, 0) is 37.3 Å². The first-order valence-corrected chi connectivity index (χ1v) is 7.05. The van der Waals surface area contributed by atoms with E-state index in [-0.39, 0.29) is 17.5 Å². The van der Waals surface area contributed by atoms with Crippen LogP contribution < -0.4 is 15.2 Å². The maximum absolute atomic E-state index is 13.1. The number of ether oxygens (including phenoxy) is 1. The van der Waals surface area contributed by atoms with Crippen LogP contribution in [0.1, 0.15) is 17.3 Å². The summed E-state index contributed by atoms with van der Waals surface area (Å²) in [5.41, 5.74) is -0.229. The van der Waals surface area contributed by atoms with Crippen molar-refractivity contribution < 1.29 is 19.0 Å². The average Bonchev–Trinajstić information content (AvgIpc) is 2.51. The summed E-state index contributed by atoms with van der Waals surface area (Å²) in [4.78, 5) is 25.8. The molecule has 1 aliphatic heterocycles. The molecule has 6 nitrogen and oxygen atoms in total. The first-order chi connectivity index (χ1) is 10.9. The molecule has 0 saturated carbocycles. The lowest BCUT2D eigenvalue weighted by molar-refractivity contribution is 0.0694. The Morgan fingerprint density at radius 1 is 1.35 bits per heavy atom. The summed E-state index contributed by atoms with van der Waals surface area (Å²) in [5, 5.41) is 9.30. The highest BCUT2D eigenvalue weighted by molar-refractivity contribution is 5.89. The molecule has 0 fully saturated rings. The second-order valence-corrected chi connectivity index (χ2v) is 5.44. The largest absolute Gasteiger partial charge is 0.477 e. The number of carbonyl (C=O) groups is 1. The lowest BCUT2D eigenvalue weighted by atomic mass is 10.1. The number of aromatic carboxylic acids is 1. The fourth-order valence-electron chi connectivity index (χ4n) is 2.51. The Morgan fingerprint density at radius 3 is 2.61 bits per heavy atom. The van der Waals surface area contributed by atoms with E-state index in [0.29, 0.717) is 18.0 Å². The van der Waals surface area contributed by atoms with Gasteiger partial charge in [-0.25, -0.2) is 13.8 Å². The van der Waals surface area contributed by atoms with Crippen molar-refractivity contribution in [3.05, 3.63) is 52.1 Å². The van der Waals surface area contributed by atoms with Gasteiger partial charge in [0.15, 0.2) is 0 Å². The van der Waals surface area contributed by atoms with Gasteiger partial charge >= 0.3 is 5.97 Å². The summed E-state index contributed by atoms with van der Waals surface area (Å²) in [5.74, 6) is -1.51. The van der Waals surface area contributed by atoms with Crippen LogP contribution in [0.25, 0.3) is 5.69 Å². The highest BCUT2D eigenvalue weighted by atomic mass is 19.1. The number of likely N-dealkylation sites (N-methyl/N-ethyl adjacent to an activating group) is 1. The Morgan fingerprint density at radius 2 is 2.00 bits per heavy atom. The van der Waals surface area contributed by atoms with E-state index in [1.54, 1.807) is 7.05 Å². The van der Waals surface area contributed by atoms with Crippen LogP contribution in [0.5, 0.6) is 5.88 Å². The molecule has 0 saturated heterocycles. The van der Waals surface area contributed by atoms with Gasteiger partial charge in [0.25, 0.3) is 5.56 Å². The Balaban J connectivity index is 2.33. The fraction of sp³-hybridized carbons (Fsp3) is 0.250. The third kappa shape index (κ3) is 2.44. The van der Waals surface area contributed by atoms with Gasteiger partial charge in [-0.2, -0.15) is 0 Å². The maximum Gasteiger partial charge on any atom is 0.341 e. The van der Waals surface area contributed by atoms with Crippen LogP contribution in [-0.4, -0.2) is 35.3 Å². The van der Waals surface area contributed by atoms with Crippen molar-refractivity contribution in [1.29, 1.82) is 0 Å². The molecule has 1 aromatic heterocycles. The number of carboxylic acid groups (broad SMARTS) is 1. The van der Waals surface area contributed by atoms with E-state index in [0.717, 1.165) is 0 Å². The Labute approximate surface area is 131 Å². The molecule has 0 spiro atoms. The van der Waals surface area contributed by atoms with E-state index in [2.05, 4.69) is 0 Å². The third-order valence-electron chi connectivity index (χ3n) is 3.95. The van der Waals surface area contributed by atoms with Crippen molar-refractivity contribution in [1.82, 2.24) is 4.57 Å². The van der Waals surface area contributed by atoms with Crippen LogP contribution in [0.4, 0.5) is 10.1 Å². The molecule has 1 N–H and O–H groups in total. The number of rotatable bonds is 2. The summed E-state index contributed by atoms with van der Waals surface area (Å²) in [6.45, 7) is 2.28. The third-order valence-corrected chi connectivity index (χ3v) is 3.95. The SMILES string of the molecule is CC1COc2c(cc(C(=O)O)c(=O)n2-c2ccc(F)cc2)N1C. The van der Waals surface area contributed by atoms with Crippen LogP contribution in [0.2, 0.25) is 0 Å². The quantitative estimate of drug-likeness (QED) is 0.915. The molecule has 0 radical (unpaired) electrons. The fourth-order valence-corrected chi connectivity index (χ4v) is 2.51. The predicted molar refractivity (Wildman–Crippen MR) is 82.3 cm³/mol. The normalized spacial score (nSPS) is 16.7. The van der Waals surface area contributed by atoms with Crippen molar-refractivity contribution in [3.63, 3.8) is 0 Å². The van der Waals surface area contributed by atoms with Gasteiger partial charge in [0.05, 0.1) is 17.4 Å². The zero-order valence-corrected chi connectivity index (χ0v) is 12.6. The average molecular weight is 318 g/mol. The molecular formula is C16H15FN2O4. The molecule has 2 aromatic rings. The maximum atomic E-state index is 13.1. The summed E-state index contributed by atoms with van der Waals surface area (Å²) < 4.78 is 20.0. The van der Waals surface area contributed by atoms with E-state index < -0.39 is 17.3 Å². The lowest BCUT2D eigenvalue weighted by Crippen LogP contribution is -2.41. The minimum absolute atomic E-state index is 0.0308. The molecule has 1 unspecified atom stereocenters. The Bertz CT molecular complexity index is 829. The van der Waals surface area contributed by atoms with Crippen LogP contribution in [0.3, 0.4) is 0 Å². The molecule has 0 aliphatic carbocycles. The molecule has 1 atom stereocenters. The molecule has 2 heterocycles. The van der Waals surface area contributed by atoms with E-state index in [9.17, 15) is 19.1 Å². The minimum atomic E-state index is -1.32. The number of hydrogen-bond acceptors (Lipinski definition) is 4. The van der Waals surface area contributed by atoms with Crippen molar-refractivity contribution in [2.24, 2.45) is 0 Å². The molecular weight excluding hydrogens is 303 g/mol. The van der Waals surface area contributed by atoms with Crippen molar-refractivity contribution in [2.45, 2.75) is 13.0 Å². The molecule has 0 bridgehead atoms. The van der Waals surface area contributed by atoms with Crippen LogP contribution in [-0.2, 0) is 0 Å². The second-order valence-electron chi connectivity index (χ2n) is 5.44. The number of fused-ring (bicyclic) bond motifs is 1. The van der Waals surface area contributed by atoms with E-state index in [1.807, 2.05) is 11.8 Å².